The van der Waals surface area contributed by atoms with E-state index in [-0.39, 0.29) is 5.56 Å². The van der Waals surface area contributed by atoms with E-state index in [4.69, 9.17) is 0 Å². The minimum Gasteiger partial charge on any atom is -0.310 e. The Morgan fingerprint density at radius 1 is 1.21 bits per heavy atom. The average Bonchev–Trinajstić information content (AvgIpc) is 2.20. The van der Waals surface area contributed by atoms with Crippen molar-refractivity contribution in [2.24, 2.45) is 0 Å². The quantitative estimate of drug-likeness (QED) is 0.730. The second kappa shape index (κ2) is 3.41. The highest BCUT2D eigenvalue weighted by atomic mass is 16.2. The number of hydrogen-bond acceptors (Lipinski definition) is 3. The zero-order valence-corrected chi connectivity index (χ0v) is 7.69. The molecule has 0 unspecified atom stereocenters. The minimum absolute atomic E-state index is 0.219. The Morgan fingerprint density at radius 3 is 2.57 bits per heavy atom. The summed E-state index contributed by atoms with van der Waals surface area (Å²) in [6.07, 6.45) is 1.28. The summed E-state index contributed by atoms with van der Waals surface area (Å²) in [6, 6.07) is 7.58. The van der Waals surface area contributed by atoms with Gasteiger partial charge in [-0.05, 0) is 6.92 Å². The monoisotopic (exact) mass is 188 g/mol. The molecule has 0 bridgehead atoms. The molecule has 1 aromatic heterocycles. The molecular weight excluding hydrogens is 179 g/mol. The van der Waals surface area contributed by atoms with Crippen LogP contribution in [0.25, 0.3) is 11.3 Å². The predicted molar refractivity (Wildman–Crippen MR) is 52.8 cm³/mol. The van der Waals surface area contributed by atoms with Crippen LogP contribution in [0.2, 0.25) is 0 Å². The molecule has 0 aliphatic rings. The van der Waals surface area contributed by atoms with Gasteiger partial charge in [0.1, 0.15) is 6.33 Å². The van der Waals surface area contributed by atoms with Gasteiger partial charge in [-0.15, -0.1) is 10.2 Å². The molecule has 70 valence electrons. The van der Waals surface area contributed by atoms with Crippen LogP contribution in [0.5, 0.6) is 0 Å². The highest BCUT2D eigenvalue weighted by Crippen LogP contribution is 2.11. The van der Waals surface area contributed by atoms with Crippen LogP contribution in [0, 0.1) is 6.92 Å². The Labute approximate surface area is 80.6 Å². The van der Waals surface area contributed by atoms with E-state index in [9.17, 15) is 4.79 Å². The van der Waals surface area contributed by atoms with E-state index >= 15 is 0 Å². The second-order valence-corrected chi connectivity index (χ2v) is 3.03. The Balaban J connectivity index is 2.56. The first-order chi connectivity index (χ1) is 6.77. The van der Waals surface area contributed by atoms with Crippen molar-refractivity contribution in [1.82, 2.24) is 15.2 Å². The Kier molecular flexibility index (Phi) is 2.10. The molecule has 4 heteroatoms. The summed E-state index contributed by atoms with van der Waals surface area (Å²) < 4.78 is 0. The van der Waals surface area contributed by atoms with Crippen molar-refractivity contribution >= 4 is 0 Å². The molecule has 1 N–H and O–H groups in total. The van der Waals surface area contributed by atoms with Crippen molar-refractivity contribution in [1.29, 1.82) is 0 Å². The summed E-state index contributed by atoms with van der Waals surface area (Å²) in [5, 5.41) is 7.42. The third kappa shape index (κ3) is 1.54. The Morgan fingerprint density at radius 2 is 1.93 bits per heavy atom. The van der Waals surface area contributed by atoms with Crippen LogP contribution in [0.1, 0.15) is 5.56 Å². The second-order valence-electron chi connectivity index (χ2n) is 3.03. The molecule has 0 spiro atoms. The molecule has 0 aliphatic carbocycles. The molecule has 0 saturated heterocycles. The highest BCUT2D eigenvalue weighted by molar-refractivity contribution is 5.57. The number of nitrogens with zero attached hydrogens (tertiary/aromatic N) is 2. The largest absolute Gasteiger partial charge is 0.310 e. The number of aromatic amines is 1. The first kappa shape index (κ1) is 8.62. The highest BCUT2D eigenvalue weighted by Gasteiger charge is 2.03. The molecule has 1 aromatic carbocycles. The fourth-order valence-corrected chi connectivity index (χ4v) is 1.19. The van der Waals surface area contributed by atoms with E-state index in [0.717, 1.165) is 11.1 Å². The summed E-state index contributed by atoms with van der Waals surface area (Å²) in [5.74, 6) is 0. The van der Waals surface area contributed by atoms with Crippen LogP contribution in [0.15, 0.2) is 35.4 Å². The number of benzene rings is 1. The van der Waals surface area contributed by atoms with Gasteiger partial charge in [0.05, 0.1) is 0 Å². The van der Waals surface area contributed by atoms with E-state index in [1.54, 1.807) is 0 Å². The van der Waals surface area contributed by atoms with Gasteiger partial charge in [-0.2, -0.15) is 0 Å². The van der Waals surface area contributed by atoms with Crippen LogP contribution in [0.4, 0.5) is 0 Å². The number of rotatable bonds is 1. The summed E-state index contributed by atoms with van der Waals surface area (Å²) in [4.78, 5) is 13.8. The number of aryl methyl sites for hydroxylation is 1. The van der Waals surface area contributed by atoms with E-state index in [1.807, 2.05) is 31.2 Å². The van der Waals surface area contributed by atoms with Crippen LogP contribution < -0.4 is 5.56 Å². The molecule has 2 rings (SSSR count). The van der Waals surface area contributed by atoms with Crippen LogP contribution in [0.3, 0.4) is 0 Å². The summed E-state index contributed by atoms with van der Waals surface area (Å²) in [7, 11) is 0. The third-order valence-electron chi connectivity index (χ3n) is 1.95. The van der Waals surface area contributed by atoms with Crippen molar-refractivity contribution in [2.45, 2.75) is 6.92 Å². The van der Waals surface area contributed by atoms with Gasteiger partial charge in [0.15, 0.2) is 5.69 Å². The maximum atomic E-state index is 11.3. The lowest BCUT2D eigenvalue weighted by Gasteiger charge is -1.97. The number of aromatic nitrogens is 3. The molecule has 0 saturated carbocycles. The fraction of sp³-hybridized carbons (Fsp3) is 0.100. The van der Waals surface area contributed by atoms with Gasteiger partial charge in [-0.1, -0.05) is 29.8 Å². The van der Waals surface area contributed by atoms with Gasteiger partial charge in [0, 0.05) is 5.56 Å². The van der Waals surface area contributed by atoms with Crippen LogP contribution in [-0.4, -0.2) is 15.2 Å². The predicted octanol–water partition coefficient (Wildman–Crippen LogP) is 1.14. The summed E-state index contributed by atoms with van der Waals surface area (Å²) in [5.41, 5.74) is 2.07. The van der Waals surface area contributed by atoms with E-state index in [2.05, 4.69) is 15.2 Å². The van der Waals surface area contributed by atoms with Gasteiger partial charge >= 0.3 is 0 Å². The van der Waals surface area contributed by atoms with E-state index < -0.39 is 0 Å². The summed E-state index contributed by atoms with van der Waals surface area (Å²) in [6.45, 7) is 1.99. The SMILES string of the molecule is Cc1ccc(-c2nnc[15nH]c2=O)cc1. The zero-order chi connectivity index (χ0) is 9.97. The maximum absolute atomic E-state index is 11.3. The number of nitrogens with one attached hydrogen (secondary N) is 1. The zero-order valence-electron chi connectivity index (χ0n) is 7.69. The van der Waals surface area contributed by atoms with Gasteiger partial charge in [0.25, 0.3) is 5.56 Å². The van der Waals surface area contributed by atoms with E-state index in [1.165, 1.54) is 6.33 Å². The smallest absolute Gasteiger partial charge is 0.277 e. The molecule has 14 heavy (non-hydrogen) atoms. The Hall–Kier alpha value is -1.97. The third-order valence-corrected chi connectivity index (χ3v) is 1.95. The maximum Gasteiger partial charge on any atom is 0.277 e. The summed E-state index contributed by atoms with van der Waals surface area (Å²) >= 11 is 0. The molecule has 2 aromatic rings. The van der Waals surface area contributed by atoms with Crippen molar-refractivity contribution in [2.75, 3.05) is 0 Å². The molecule has 0 aliphatic heterocycles. The molecular formula is C10H9N3O. The fourth-order valence-electron chi connectivity index (χ4n) is 1.19. The lowest BCUT2D eigenvalue weighted by molar-refractivity contribution is 0.951. The first-order valence-corrected chi connectivity index (χ1v) is 4.25. The lowest BCUT2D eigenvalue weighted by Crippen LogP contribution is -2.11. The first-order valence-electron chi connectivity index (χ1n) is 4.25. The molecule has 0 fully saturated rings. The number of H-pyrrole nitrogens is 1. The minimum atomic E-state index is -0.219. The van der Waals surface area contributed by atoms with Gasteiger partial charge in [-0.3, -0.25) is 4.79 Å². The van der Waals surface area contributed by atoms with Crippen LogP contribution >= 0.6 is 0 Å². The van der Waals surface area contributed by atoms with Crippen molar-refractivity contribution in [3.8, 4) is 11.3 Å². The van der Waals surface area contributed by atoms with Gasteiger partial charge in [-0.25, -0.2) is 0 Å². The standard InChI is InChI=1S/C10H9N3O/c1-7-2-4-8(5-3-7)9-10(14)11-6-12-13-9/h2-6H,1H3,(H,11,12,14)/i11+1. The molecule has 4 nitrogen and oxygen atoms in total. The molecule has 0 atom stereocenters. The topological polar surface area (TPSA) is 58.6 Å². The van der Waals surface area contributed by atoms with Crippen molar-refractivity contribution < 1.29 is 0 Å². The van der Waals surface area contributed by atoms with Gasteiger partial charge < -0.3 is 4.98 Å². The van der Waals surface area contributed by atoms with Crippen molar-refractivity contribution in [3.05, 3.63) is 46.5 Å². The average molecular weight is 188 g/mol. The van der Waals surface area contributed by atoms with Crippen molar-refractivity contribution in [3.63, 3.8) is 0 Å². The van der Waals surface area contributed by atoms with Gasteiger partial charge in [0.2, 0.25) is 0 Å². The number of hydrogen-bond donors (Lipinski definition) is 1. The Bertz CT molecular complexity index is 487. The molecule has 0 amide bonds. The van der Waals surface area contributed by atoms with E-state index in [0.29, 0.717) is 5.69 Å². The lowest BCUT2D eigenvalue weighted by atomic mass is 10.1. The normalized spacial score (nSPS) is 10.1. The van der Waals surface area contributed by atoms with Crippen LogP contribution in [-0.2, 0) is 0 Å². The molecule has 1 heterocycles. The molecule has 0 radical (unpaired) electrons.